The largest absolute Gasteiger partial charge is 0.399 e. The van der Waals surface area contributed by atoms with Crippen LogP contribution < -0.4 is 16.4 Å². The maximum atomic E-state index is 11.7. The van der Waals surface area contributed by atoms with Crippen molar-refractivity contribution in [1.82, 2.24) is 4.90 Å². The van der Waals surface area contributed by atoms with E-state index < -0.39 is 5.91 Å². The van der Waals surface area contributed by atoms with Gasteiger partial charge in [0.1, 0.15) is 0 Å². The molecule has 1 amide bonds. The normalized spacial score (nSPS) is 11.2. The number of primary amides is 1. The molecular weight excluding hydrogens is 288 g/mol. The van der Waals surface area contributed by atoms with Crippen molar-refractivity contribution in [3.63, 3.8) is 0 Å². The van der Waals surface area contributed by atoms with Crippen molar-refractivity contribution in [3.8, 4) is 0 Å². The predicted octanol–water partition coefficient (Wildman–Crippen LogP) is 2.05. The number of nitrogen functional groups attached to an aromatic ring is 1. The van der Waals surface area contributed by atoms with Crippen LogP contribution in [0, 0.1) is 5.92 Å². The van der Waals surface area contributed by atoms with Gasteiger partial charge in [0, 0.05) is 25.3 Å². The van der Waals surface area contributed by atoms with Crippen molar-refractivity contribution in [2.75, 3.05) is 44.4 Å². The van der Waals surface area contributed by atoms with Gasteiger partial charge in [-0.1, -0.05) is 25.4 Å². The van der Waals surface area contributed by atoms with Gasteiger partial charge < -0.3 is 21.3 Å². The molecule has 1 rings (SSSR count). The minimum atomic E-state index is -0.516. The van der Waals surface area contributed by atoms with Gasteiger partial charge in [-0.05, 0) is 32.1 Å². The highest BCUT2D eigenvalue weighted by Crippen LogP contribution is 2.33. The fourth-order valence-corrected chi connectivity index (χ4v) is 2.53. The van der Waals surface area contributed by atoms with Gasteiger partial charge in [-0.25, -0.2) is 0 Å². The van der Waals surface area contributed by atoms with Crippen LogP contribution in [0.5, 0.6) is 0 Å². The molecule has 0 saturated carbocycles. The molecule has 0 fully saturated rings. The van der Waals surface area contributed by atoms with Crippen LogP contribution in [0.15, 0.2) is 12.1 Å². The van der Waals surface area contributed by atoms with E-state index in [0.717, 1.165) is 19.6 Å². The van der Waals surface area contributed by atoms with E-state index in [4.69, 9.17) is 23.1 Å². The Morgan fingerprint density at radius 2 is 1.90 bits per heavy atom. The number of nitrogens with two attached hydrogens (primary N) is 2. The Morgan fingerprint density at radius 1 is 1.29 bits per heavy atom. The van der Waals surface area contributed by atoms with Crippen molar-refractivity contribution in [2.24, 2.45) is 11.7 Å². The van der Waals surface area contributed by atoms with Crippen LogP contribution >= 0.6 is 11.6 Å². The molecular formula is C15H25ClN4O. The van der Waals surface area contributed by atoms with Crippen LogP contribution in [-0.2, 0) is 0 Å². The molecule has 5 nitrogen and oxygen atoms in total. The molecule has 0 aliphatic rings. The van der Waals surface area contributed by atoms with Gasteiger partial charge in [0.2, 0.25) is 0 Å². The van der Waals surface area contributed by atoms with E-state index in [1.165, 1.54) is 0 Å². The van der Waals surface area contributed by atoms with Gasteiger partial charge in [-0.3, -0.25) is 4.79 Å². The molecule has 1 aromatic rings. The van der Waals surface area contributed by atoms with Crippen LogP contribution in [0.25, 0.3) is 0 Å². The zero-order valence-electron chi connectivity index (χ0n) is 13.2. The molecule has 0 unspecified atom stereocenters. The average Bonchev–Trinajstić information content (AvgIpc) is 2.33. The van der Waals surface area contributed by atoms with Gasteiger partial charge in [-0.15, -0.1) is 0 Å². The summed E-state index contributed by atoms with van der Waals surface area (Å²) in [6, 6.07) is 3.25. The van der Waals surface area contributed by atoms with E-state index in [-0.39, 0.29) is 0 Å². The van der Waals surface area contributed by atoms with Crippen LogP contribution in [0.1, 0.15) is 24.2 Å². The van der Waals surface area contributed by atoms with Crippen molar-refractivity contribution < 1.29 is 4.79 Å². The van der Waals surface area contributed by atoms with Gasteiger partial charge in [0.15, 0.2) is 0 Å². The number of carbonyl (C=O) groups excluding carboxylic acids is 1. The molecule has 0 bridgehead atoms. The predicted molar refractivity (Wildman–Crippen MR) is 90.0 cm³/mol. The van der Waals surface area contributed by atoms with Crippen LogP contribution in [0.4, 0.5) is 11.4 Å². The first-order chi connectivity index (χ1) is 9.72. The van der Waals surface area contributed by atoms with Crippen molar-refractivity contribution in [1.29, 1.82) is 0 Å². The Kier molecular flexibility index (Phi) is 6.30. The number of hydrogen-bond donors (Lipinski definition) is 2. The summed E-state index contributed by atoms with van der Waals surface area (Å²) in [6.45, 7) is 6.65. The molecule has 0 aliphatic carbocycles. The topological polar surface area (TPSA) is 75.6 Å². The van der Waals surface area contributed by atoms with E-state index in [2.05, 4.69) is 23.6 Å². The molecule has 0 aliphatic heterocycles. The fourth-order valence-electron chi connectivity index (χ4n) is 2.19. The summed E-state index contributed by atoms with van der Waals surface area (Å²) in [4.78, 5) is 15.9. The molecule has 6 heteroatoms. The van der Waals surface area contributed by atoms with Crippen molar-refractivity contribution >= 4 is 28.9 Å². The molecule has 21 heavy (non-hydrogen) atoms. The summed E-state index contributed by atoms with van der Waals surface area (Å²) in [6.07, 6.45) is 0. The number of halogens is 1. The van der Waals surface area contributed by atoms with Crippen LogP contribution in [0.3, 0.4) is 0 Å². The maximum Gasteiger partial charge on any atom is 0.250 e. The number of amides is 1. The number of rotatable bonds is 7. The minimum absolute atomic E-state index is 0.374. The smallest absolute Gasteiger partial charge is 0.250 e. The molecule has 0 spiro atoms. The van der Waals surface area contributed by atoms with E-state index >= 15 is 0 Å². The third kappa shape index (κ3) is 5.10. The Labute approximate surface area is 131 Å². The Morgan fingerprint density at radius 3 is 2.38 bits per heavy atom. The zero-order valence-corrected chi connectivity index (χ0v) is 13.9. The second-order valence-corrected chi connectivity index (χ2v) is 6.31. The van der Waals surface area contributed by atoms with E-state index in [0.29, 0.717) is 27.9 Å². The van der Waals surface area contributed by atoms with Crippen molar-refractivity contribution in [3.05, 3.63) is 22.7 Å². The fraction of sp³-hybridized carbons (Fsp3) is 0.533. The summed E-state index contributed by atoms with van der Waals surface area (Å²) in [5, 5.41) is 0.461. The summed E-state index contributed by atoms with van der Waals surface area (Å²) in [7, 11) is 4.01. The molecule has 0 heterocycles. The van der Waals surface area contributed by atoms with Gasteiger partial charge in [0.25, 0.3) is 5.91 Å². The van der Waals surface area contributed by atoms with Gasteiger partial charge >= 0.3 is 0 Å². The standard InChI is InChI=1S/C15H25ClN4O/c1-10(2)9-20(6-5-19(3)4)14-12(15(18)21)7-11(17)8-13(14)16/h7-8,10H,5-6,9,17H2,1-4H3,(H2,18,21). The second-order valence-electron chi connectivity index (χ2n) is 5.91. The Hall–Kier alpha value is -1.46. The third-order valence-electron chi connectivity index (χ3n) is 3.07. The Balaban J connectivity index is 3.24. The number of anilines is 2. The molecule has 0 saturated heterocycles. The van der Waals surface area contributed by atoms with E-state index in [9.17, 15) is 4.79 Å². The first-order valence-corrected chi connectivity index (χ1v) is 7.38. The first kappa shape index (κ1) is 17.6. The highest BCUT2D eigenvalue weighted by atomic mass is 35.5. The summed E-state index contributed by atoms with van der Waals surface area (Å²) in [5.41, 5.74) is 12.7. The summed E-state index contributed by atoms with van der Waals surface area (Å²) in [5.74, 6) is -0.0840. The van der Waals surface area contributed by atoms with Gasteiger partial charge in [0.05, 0.1) is 16.3 Å². The summed E-state index contributed by atoms with van der Waals surface area (Å²) < 4.78 is 0. The lowest BCUT2D eigenvalue weighted by Crippen LogP contribution is -2.36. The molecule has 4 N–H and O–H groups in total. The Bertz CT molecular complexity index is 503. The van der Waals surface area contributed by atoms with Crippen LogP contribution in [-0.4, -0.2) is 44.5 Å². The number of carbonyl (C=O) groups is 1. The van der Waals surface area contributed by atoms with Gasteiger partial charge in [-0.2, -0.15) is 0 Å². The van der Waals surface area contributed by atoms with Crippen molar-refractivity contribution in [2.45, 2.75) is 13.8 Å². The average molecular weight is 313 g/mol. The highest BCUT2D eigenvalue weighted by Gasteiger charge is 2.20. The lowest BCUT2D eigenvalue weighted by atomic mass is 10.1. The molecule has 118 valence electrons. The SMILES string of the molecule is CC(C)CN(CCN(C)C)c1c(Cl)cc(N)cc1C(N)=O. The quantitative estimate of drug-likeness (QED) is 0.756. The number of nitrogens with zero attached hydrogens (tertiary/aromatic N) is 2. The molecule has 0 radical (unpaired) electrons. The molecule has 1 aromatic carbocycles. The zero-order chi connectivity index (χ0) is 16.2. The lowest BCUT2D eigenvalue weighted by Gasteiger charge is -2.30. The molecule has 0 aromatic heterocycles. The number of benzene rings is 1. The monoisotopic (exact) mass is 312 g/mol. The van der Waals surface area contributed by atoms with E-state index in [1.807, 2.05) is 14.1 Å². The lowest BCUT2D eigenvalue weighted by molar-refractivity contribution is 0.100. The third-order valence-corrected chi connectivity index (χ3v) is 3.36. The number of hydrogen-bond acceptors (Lipinski definition) is 4. The van der Waals surface area contributed by atoms with Crippen LogP contribution in [0.2, 0.25) is 5.02 Å². The summed E-state index contributed by atoms with van der Waals surface area (Å²) >= 11 is 6.33. The number of likely N-dealkylation sites (N-methyl/N-ethyl adjacent to an activating group) is 1. The molecule has 0 atom stereocenters. The van der Waals surface area contributed by atoms with E-state index in [1.54, 1.807) is 12.1 Å². The maximum absolute atomic E-state index is 11.7. The second kappa shape index (κ2) is 7.52. The minimum Gasteiger partial charge on any atom is -0.399 e. The highest BCUT2D eigenvalue weighted by molar-refractivity contribution is 6.34. The first-order valence-electron chi connectivity index (χ1n) is 7.00.